The molecular weight excluding hydrogens is 460 g/mol. The second-order valence-electron chi connectivity index (χ2n) is 7.20. The fourth-order valence-corrected chi connectivity index (χ4v) is 4.81. The van der Waals surface area contributed by atoms with Gasteiger partial charge in [-0.05, 0) is 12.5 Å². The molecule has 1 aromatic carbocycles. The van der Waals surface area contributed by atoms with Gasteiger partial charge in [0.15, 0.2) is 11.9 Å². The van der Waals surface area contributed by atoms with Gasteiger partial charge in [0.05, 0.1) is 12.0 Å². The van der Waals surface area contributed by atoms with Crippen LogP contribution in [0.3, 0.4) is 0 Å². The van der Waals surface area contributed by atoms with E-state index in [1.807, 2.05) is 37.3 Å². The standard InChI is InChI=1S/C18H22N6O6S2/c1-9(10-5-3-2-4-6-10)31-17-12-15(19)21-8-22-16(12)24(23-17)18-14(26)13(25)11(30-18)7-29-32(20,27)28/h2-6,8-9,11,13-14,18,25-26H,7H2,1H3,(H2,19,21,22)(H2,20,27,28)/t9-,11-,13-,14-,18-/m1/s1. The lowest BCUT2D eigenvalue weighted by molar-refractivity contribution is -0.0531. The summed E-state index contributed by atoms with van der Waals surface area (Å²) in [5.74, 6) is 0.200. The largest absolute Gasteiger partial charge is 0.387 e. The van der Waals surface area contributed by atoms with Gasteiger partial charge in [-0.2, -0.15) is 13.5 Å². The molecular formula is C18H22N6O6S2. The van der Waals surface area contributed by atoms with Crippen LogP contribution in [0.2, 0.25) is 0 Å². The van der Waals surface area contributed by atoms with E-state index in [1.165, 1.54) is 22.8 Å². The zero-order valence-electron chi connectivity index (χ0n) is 16.8. The molecule has 0 aliphatic carbocycles. The summed E-state index contributed by atoms with van der Waals surface area (Å²) in [6, 6.07) is 9.79. The molecule has 0 spiro atoms. The van der Waals surface area contributed by atoms with Gasteiger partial charge in [0.2, 0.25) is 0 Å². The maximum absolute atomic E-state index is 11.1. The number of thioether (sulfide) groups is 1. The third kappa shape index (κ3) is 4.56. The fourth-order valence-electron chi connectivity index (χ4n) is 3.41. The Hall–Kier alpha value is -2.33. The van der Waals surface area contributed by atoms with E-state index in [0.29, 0.717) is 16.1 Å². The van der Waals surface area contributed by atoms with Crippen LogP contribution >= 0.6 is 11.8 Å². The molecule has 12 nitrogen and oxygen atoms in total. The van der Waals surface area contributed by atoms with Crippen molar-refractivity contribution in [3.8, 4) is 0 Å². The third-order valence-corrected chi connectivity index (χ3v) is 6.62. The summed E-state index contributed by atoms with van der Waals surface area (Å²) in [4.78, 5) is 8.27. The minimum atomic E-state index is -4.25. The van der Waals surface area contributed by atoms with Crippen LogP contribution in [0.15, 0.2) is 41.7 Å². The number of anilines is 1. The molecule has 1 saturated heterocycles. The minimum Gasteiger partial charge on any atom is -0.387 e. The molecule has 0 saturated carbocycles. The van der Waals surface area contributed by atoms with Crippen LogP contribution in [0.4, 0.5) is 5.82 Å². The number of nitrogens with two attached hydrogens (primary N) is 2. The first-order valence-corrected chi connectivity index (χ1v) is 11.9. The van der Waals surface area contributed by atoms with Crippen LogP contribution in [0.5, 0.6) is 0 Å². The molecule has 172 valence electrons. The first kappa shape index (κ1) is 22.8. The zero-order valence-corrected chi connectivity index (χ0v) is 18.5. The molecule has 6 N–H and O–H groups in total. The Morgan fingerprint density at radius 2 is 1.97 bits per heavy atom. The van der Waals surface area contributed by atoms with E-state index < -0.39 is 41.5 Å². The van der Waals surface area contributed by atoms with Crippen molar-refractivity contribution in [1.82, 2.24) is 19.7 Å². The average molecular weight is 483 g/mol. The SMILES string of the molecule is C[C@@H](Sc1nn([C@@H]2O[C@H](COS(N)(=O)=O)[C@@H](O)[C@H]2O)c2ncnc(N)c12)c1ccccc1. The van der Waals surface area contributed by atoms with E-state index in [-0.39, 0.29) is 11.1 Å². The highest BCUT2D eigenvalue weighted by molar-refractivity contribution is 7.99. The predicted molar refractivity (Wildman–Crippen MR) is 115 cm³/mol. The maximum Gasteiger partial charge on any atom is 0.333 e. The van der Waals surface area contributed by atoms with Crippen molar-refractivity contribution < 1.29 is 27.6 Å². The maximum atomic E-state index is 11.1. The molecule has 32 heavy (non-hydrogen) atoms. The van der Waals surface area contributed by atoms with Crippen LogP contribution in [0.25, 0.3) is 11.0 Å². The normalized spacial score (nSPS) is 24.8. The number of fused-ring (bicyclic) bond motifs is 1. The highest BCUT2D eigenvalue weighted by Gasteiger charge is 2.45. The lowest BCUT2D eigenvalue weighted by Gasteiger charge is -2.15. The number of aliphatic hydroxyl groups is 2. The molecule has 0 bridgehead atoms. The van der Waals surface area contributed by atoms with Gasteiger partial charge >= 0.3 is 10.3 Å². The van der Waals surface area contributed by atoms with Gasteiger partial charge in [-0.1, -0.05) is 42.1 Å². The van der Waals surface area contributed by atoms with Gasteiger partial charge in [0.1, 0.15) is 35.5 Å². The molecule has 3 aromatic rings. The van der Waals surface area contributed by atoms with Crippen molar-refractivity contribution in [2.45, 2.75) is 41.7 Å². The van der Waals surface area contributed by atoms with Crippen molar-refractivity contribution in [2.75, 3.05) is 12.3 Å². The molecule has 14 heteroatoms. The lowest BCUT2D eigenvalue weighted by atomic mass is 10.1. The first-order valence-electron chi connectivity index (χ1n) is 9.54. The van der Waals surface area contributed by atoms with Crippen molar-refractivity contribution in [1.29, 1.82) is 0 Å². The van der Waals surface area contributed by atoms with Crippen LogP contribution in [-0.4, -0.2) is 63.3 Å². The average Bonchev–Trinajstić information content (AvgIpc) is 3.25. The Balaban J connectivity index is 1.67. The van der Waals surface area contributed by atoms with Gasteiger partial charge < -0.3 is 20.7 Å². The van der Waals surface area contributed by atoms with Gasteiger partial charge in [-0.3, -0.25) is 4.18 Å². The molecule has 5 atom stereocenters. The van der Waals surface area contributed by atoms with E-state index in [4.69, 9.17) is 15.6 Å². The highest BCUT2D eigenvalue weighted by Crippen LogP contribution is 2.41. The van der Waals surface area contributed by atoms with Crippen LogP contribution in [-0.2, 0) is 19.2 Å². The number of hydrogen-bond donors (Lipinski definition) is 4. The Morgan fingerprint density at radius 1 is 1.25 bits per heavy atom. The second-order valence-corrected chi connectivity index (χ2v) is 9.75. The molecule has 0 amide bonds. The number of hydrogen-bond acceptors (Lipinski definition) is 11. The summed E-state index contributed by atoms with van der Waals surface area (Å²) in [7, 11) is -4.25. The molecule has 2 aromatic heterocycles. The van der Waals surface area contributed by atoms with Crippen molar-refractivity contribution in [3.63, 3.8) is 0 Å². The Morgan fingerprint density at radius 3 is 2.66 bits per heavy atom. The topological polar surface area (TPSA) is 189 Å². The number of nitrogen functional groups attached to an aromatic ring is 1. The first-order chi connectivity index (χ1) is 15.2. The van der Waals surface area contributed by atoms with Crippen LogP contribution in [0.1, 0.15) is 24.0 Å². The van der Waals surface area contributed by atoms with E-state index in [1.54, 1.807) is 0 Å². The Kier molecular flexibility index (Phi) is 6.35. The lowest BCUT2D eigenvalue weighted by Crippen LogP contribution is -2.35. The van der Waals surface area contributed by atoms with E-state index in [9.17, 15) is 18.6 Å². The molecule has 1 aliphatic rings. The molecule has 0 unspecified atom stereocenters. The summed E-state index contributed by atoms with van der Waals surface area (Å²) < 4.78 is 33.6. The van der Waals surface area contributed by atoms with Crippen molar-refractivity contribution in [3.05, 3.63) is 42.2 Å². The van der Waals surface area contributed by atoms with Gasteiger partial charge in [0.25, 0.3) is 0 Å². The monoisotopic (exact) mass is 482 g/mol. The molecule has 1 fully saturated rings. The number of rotatable bonds is 7. The van der Waals surface area contributed by atoms with Crippen molar-refractivity contribution >= 4 is 38.9 Å². The predicted octanol–water partition coefficient (Wildman–Crippen LogP) is 0.101. The number of aliphatic hydroxyl groups excluding tert-OH is 2. The summed E-state index contributed by atoms with van der Waals surface area (Å²) in [5, 5.41) is 31.3. The van der Waals surface area contributed by atoms with Crippen LogP contribution in [0, 0.1) is 0 Å². The Labute approximate surface area is 187 Å². The summed E-state index contributed by atoms with van der Waals surface area (Å²) in [6.07, 6.45) is -3.96. The van der Waals surface area contributed by atoms with E-state index in [2.05, 4.69) is 19.2 Å². The third-order valence-electron chi connectivity index (χ3n) is 5.02. The minimum absolute atomic E-state index is 0.0123. The fraction of sp³-hybridized carbons (Fsp3) is 0.389. The quantitative estimate of drug-likeness (QED) is 0.334. The molecule has 1 aliphatic heterocycles. The second kappa shape index (κ2) is 8.90. The Bertz CT molecular complexity index is 1210. The van der Waals surface area contributed by atoms with Gasteiger partial charge in [-0.15, -0.1) is 0 Å². The van der Waals surface area contributed by atoms with E-state index in [0.717, 1.165) is 5.56 Å². The van der Waals surface area contributed by atoms with Gasteiger partial charge in [-0.25, -0.2) is 19.8 Å². The highest BCUT2D eigenvalue weighted by atomic mass is 32.2. The zero-order chi connectivity index (χ0) is 23.0. The van der Waals surface area contributed by atoms with E-state index >= 15 is 0 Å². The number of nitrogens with zero attached hydrogens (tertiary/aromatic N) is 4. The molecule has 3 heterocycles. The van der Waals surface area contributed by atoms with Crippen molar-refractivity contribution in [2.24, 2.45) is 5.14 Å². The van der Waals surface area contributed by atoms with Crippen LogP contribution < -0.4 is 10.9 Å². The number of benzene rings is 1. The summed E-state index contributed by atoms with van der Waals surface area (Å²) >= 11 is 1.42. The van der Waals surface area contributed by atoms with Gasteiger partial charge in [0, 0.05) is 5.25 Å². The molecule has 4 rings (SSSR count). The summed E-state index contributed by atoms with van der Waals surface area (Å²) in [6.45, 7) is 1.44. The smallest absolute Gasteiger partial charge is 0.333 e. The molecule has 0 radical (unpaired) electrons. The summed E-state index contributed by atoms with van der Waals surface area (Å²) in [5.41, 5.74) is 7.47. The number of ether oxygens (including phenoxy) is 1. The number of aromatic nitrogens is 4.